The molecule has 0 amide bonds. The number of hydrogen-bond acceptors (Lipinski definition) is 2. The second kappa shape index (κ2) is 4.15. The lowest BCUT2D eigenvalue weighted by Crippen LogP contribution is -2.15. The summed E-state index contributed by atoms with van der Waals surface area (Å²) in [5, 5.41) is 2.10. The van der Waals surface area contributed by atoms with Crippen LogP contribution in [0, 0.1) is 0 Å². The quantitative estimate of drug-likeness (QED) is 0.791. The summed E-state index contributed by atoms with van der Waals surface area (Å²) >= 11 is 1.77. The topological polar surface area (TPSA) is 22.0 Å². The predicted octanol–water partition coefficient (Wildman–Crippen LogP) is 3.68. The van der Waals surface area contributed by atoms with Crippen LogP contribution in [-0.2, 0) is 6.42 Å². The molecule has 17 heavy (non-hydrogen) atoms. The Morgan fingerprint density at radius 1 is 1.35 bits per heavy atom. The fraction of sp³-hybridized carbons (Fsp3) is 0.357. The molecule has 0 fully saturated rings. The van der Waals surface area contributed by atoms with Gasteiger partial charge in [-0.2, -0.15) is 0 Å². The molecular weight excluding hydrogens is 230 g/mol. The van der Waals surface area contributed by atoms with Crippen LogP contribution >= 0.6 is 11.3 Å². The summed E-state index contributed by atoms with van der Waals surface area (Å²) in [7, 11) is 0. The van der Waals surface area contributed by atoms with Crippen LogP contribution in [0.3, 0.4) is 0 Å². The predicted molar refractivity (Wildman–Crippen MR) is 69.8 cm³/mol. The van der Waals surface area contributed by atoms with E-state index < -0.39 is 0 Å². The third-order valence-electron chi connectivity index (χ3n) is 3.51. The Labute approximate surface area is 105 Å². The number of Topliss-reactive ketones (excluding diaryl/α,β-unsaturated/α-hetero) is 1. The summed E-state index contributed by atoms with van der Waals surface area (Å²) in [6.45, 7) is 2.20. The smallest absolute Gasteiger partial charge is 0.164 e. The molecule has 0 aliphatic heterocycles. The summed E-state index contributed by atoms with van der Waals surface area (Å²) < 4.78 is 2.26. The van der Waals surface area contributed by atoms with Crippen LogP contribution in [0.4, 0.5) is 0 Å². The van der Waals surface area contributed by atoms with Gasteiger partial charge in [-0.3, -0.25) is 4.79 Å². The molecule has 1 unspecified atom stereocenters. The molecule has 0 radical (unpaired) electrons. The molecule has 0 saturated carbocycles. The first-order valence-corrected chi connectivity index (χ1v) is 6.91. The zero-order valence-corrected chi connectivity index (χ0v) is 10.7. The minimum absolute atomic E-state index is 0.309. The average Bonchev–Trinajstić information content (AvgIpc) is 2.98. The highest BCUT2D eigenvalue weighted by atomic mass is 32.1. The fourth-order valence-electron chi connectivity index (χ4n) is 2.58. The van der Waals surface area contributed by atoms with Crippen molar-refractivity contribution in [3.05, 3.63) is 45.9 Å². The van der Waals surface area contributed by atoms with Crippen LogP contribution in [0.25, 0.3) is 0 Å². The third-order valence-corrected chi connectivity index (χ3v) is 4.56. The largest absolute Gasteiger partial charge is 0.343 e. The van der Waals surface area contributed by atoms with E-state index in [4.69, 9.17) is 0 Å². The van der Waals surface area contributed by atoms with Crippen LogP contribution in [0.5, 0.6) is 0 Å². The van der Waals surface area contributed by atoms with E-state index in [9.17, 15) is 4.79 Å². The molecule has 2 aromatic rings. The SMILES string of the molecule is CC(c1cccs1)n1ccc2c1CCCC2=O. The second-order valence-corrected chi connectivity index (χ2v) is 5.53. The summed E-state index contributed by atoms with van der Waals surface area (Å²) in [5.74, 6) is 0.309. The van der Waals surface area contributed by atoms with E-state index >= 15 is 0 Å². The van der Waals surface area contributed by atoms with Crippen molar-refractivity contribution in [2.45, 2.75) is 32.2 Å². The molecule has 0 bridgehead atoms. The summed E-state index contributed by atoms with van der Waals surface area (Å²) in [6.07, 6.45) is 4.81. The van der Waals surface area contributed by atoms with Crippen LogP contribution in [0.2, 0.25) is 0 Å². The van der Waals surface area contributed by atoms with Gasteiger partial charge in [-0.1, -0.05) is 6.07 Å². The summed E-state index contributed by atoms with van der Waals surface area (Å²) in [6, 6.07) is 6.56. The monoisotopic (exact) mass is 245 g/mol. The molecule has 2 nitrogen and oxygen atoms in total. The van der Waals surface area contributed by atoms with E-state index in [1.165, 1.54) is 10.6 Å². The Kier molecular flexibility index (Phi) is 2.63. The zero-order chi connectivity index (χ0) is 11.8. The fourth-order valence-corrected chi connectivity index (χ4v) is 3.36. The standard InChI is InChI=1S/C14H15NOS/c1-10(14-6-3-9-17-14)15-8-7-11-12(15)4-2-5-13(11)16/h3,6-10H,2,4-5H2,1H3. The normalized spacial score (nSPS) is 16.9. The Bertz CT molecular complexity index is 539. The summed E-state index contributed by atoms with van der Waals surface area (Å²) in [5.41, 5.74) is 2.17. The number of nitrogens with zero attached hydrogens (tertiary/aromatic N) is 1. The highest BCUT2D eigenvalue weighted by Gasteiger charge is 2.22. The van der Waals surface area contributed by atoms with Gasteiger partial charge < -0.3 is 4.57 Å². The molecule has 1 aliphatic carbocycles. The van der Waals surface area contributed by atoms with E-state index in [2.05, 4.69) is 35.2 Å². The molecule has 88 valence electrons. The van der Waals surface area contributed by atoms with Gasteiger partial charge in [0.15, 0.2) is 5.78 Å². The van der Waals surface area contributed by atoms with Crippen molar-refractivity contribution >= 4 is 17.1 Å². The van der Waals surface area contributed by atoms with Gasteiger partial charge in [-0.15, -0.1) is 11.3 Å². The van der Waals surface area contributed by atoms with Crippen molar-refractivity contribution in [1.82, 2.24) is 4.57 Å². The molecule has 0 spiro atoms. The number of carbonyl (C=O) groups is 1. The van der Waals surface area contributed by atoms with Gasteiger partial charge in [-0.25, -0.2) is 0 Å². The Morgan fingerprint density at radius 2 is 2.24 bits per heavy atom. The maximum atomic E-state index is 11.8. The highest BCUT2D eigenvalue weighted by molar-refractivity contribution is 7.10. The van der Waals surface area contributed by atoms with Gasteiger partial charge in [-0.05, 0) is 37.3 Å². The minimum atomic E-state index is 0.309. The molecular formula is C14H15NOS. The molecule has 2 heterocycles. The van der Waals surface area contributed by atoms with E-state index in [-0.39, 0.29) is 0 Å². The van der Waals surface area contributed by atoms with E-state index in [0.29, 0.717) is 18.2 Å². The van der Waals surface area contributed by atoms with E-state index in [0.717, 1.165) is 18.4 Å². The van der Waals surface area contributed by atoms with Gasteiger partial charge in [0.2, 0.25) is 0 Å². The van der Waals surface area contributed by atoms with Crippen molar-refractivity contribution in [1.29, 1.82) is 0 Å². The molecule has 0 aromatic carbocycles. The third kappa shape index (κ3) is 1.75. The number of aromatic nitrogens is 1. The Morgan fingerprint density at radius 3 is 3.00 bits per heavy atom. The van der Waals surface area contributed by atoms with Gasteiger partial charge in [0, 0.05) is 28.8 Å². The van der Waals surface area contributed by atoms with Gasteiger partial charge in [0.05, 0.1) is 6.04 Å². The van der Waals surface area contributed by atoms with Crippen LogP contribution in [-0.4, -0.2) is 10.4 Å². The molecule has 1 atom stereocenters. The Hall–Kier alpha value is -1.35. The second-order valence-electron chi connectivity index (χ2n) is 4.55. The first-order chi connectivity index (χ1) is 8.27. The number of rotatable bonds is 2. The zero-order valence-electron chi connectivity index (χ0n) is 9.85. The number of ketones is 1. The highest BCUT2D eigenvalue weighted by Crippen LogP contribution is 2.29. The van der Waals surface area contributed by atoms with Gasteiger partial charge in [0.25, 0.3) is 0 Å². The van der Waals surface area contributed by atoms with Crippen molar-refractivity contribution in [2.75, 3.05) is 0 Å². The van der Waals surface area contributed by atoms with Crippen LogP contribution in [0.15, 0.2) is 29.8 Å². The van der Waals surface area contributed by atoms with Crippen molar-refractivity contribution < 1.29 is 4.79 Å². The molecule has 1 aliphatic rings. The minimum Gasteiger partial charge on any atom is -0.343 e. The van der Waals surface area contributed by atoms with Crippen molar-refractivity contribution in [3.8, 4) is 0 Å². The lowest BCUT2D eigenvalue weighted by atomic mass is 9.96. The maximum Gasteiger partial charge on any atom is 0.164 e. The van der Waals surface area contributed by atoms with E-state index in [1.807, 2.05) is 6.07 Å². The lowest BCUT2D eigenvalue weighted by Gasteiger charge is -2.19. The molecule has 0 N–H and O–H groups in total. The van der Waals surface area contributed by atoms with Gasteiger partial charge in [0.1, 0.15) is 0 Å². The molecule has 3 heteroatoms. The number of thiophene rings is 1. The summed E-state index contributed by atoms with van der Waals surface area (Å²) in [4.78, 5) is 13.1. The average molecular weight is 245 g/mol. The number of carbonyl (C=O) groups excluding carboxylic acids is 1. The van der Waals surface area contributed by atoms with Crippen LogP contribution in [0.1, 0.15) is 46.7 Å². The molecule has 0 saturated heterocycles. The maximum absolute atomic E-state index is 11.8. The Balaban J connectivity index is 2.02. The first-order valence-electron chi connectivity index (χ1n) is 6.03. The van der Waals surface area contributed by atoms with E-state index in [1.54, 1.807) is 11.3 Å². The number of hydrogen-bond donors (Lipinski definition) is 0. The molecule has 2 aromatic heterocycles. The van der Waals surface area contributed by atoms with Crippen LogP contribution < -0.4 is 0 Å². The van der Waals surface area contributed by atoms with Gasteiger partial charge >= 0.3 is 0 Å². The first kappa shape index (κ1) is 10.8. The van der Waals surface area contributed by atoms with Crippen molar-refractivity contribution in [2.24, 2.45) is 0 Å². The molecule has 3 rings (SSSR count). The number of fused-ring (bicyclic) bond motifs is 1. The lowest BCUT2D eigenvalue weighted by molar-refractivity contribution is 0.0971. The van der Waals surface area contributed by atoms with Crippen molar-refractivity contribution in [3.63, 3.8) is 0 Å².